The van der Waals surface area contributed by atoms with Gasteiger partial charge in [-0.15, -0.1) is 12.4 Å². The zero-order valence-electron chi connectivity index (χ0n) is 11.6. The molecule has 0 radical (unpaired) electrons. The molecule has 0 amide bonds. The summed E-state index contributed by atoms with van der Waals surface area (Å²) in [6.07, 6.45) is 1.54. The smallest absolute Gasteiger partial charge is 0.306 e. The highest BCUT2D eigenvalue weighted by molar-refractivity contribution is 5.85. The van der Waals surface area contributed by atoms with Gasteiger partial charge in [-0.2, -0.15) is 0 Å². The number of nitrogens with one attached hydrogen (secondary N) is 1. The van der Waals surface area contributed by atoms with Gasteiger partial charge < -0.3 is 10.1 Å². The second-order valence-corrected chi connectivity index (χ2v) is 4.87. The van der Waals surface area contributed by atoms with Crippen LogP contribution in [0.2, 0.25) is 0 Å². The van der Waals surface area contributed by atoms with E-state index in [1.807, 2.05) is 6.92 Å². The van der Waals surface area contributed by atoms with Gasteiger partial charge in [0.1, 0.15) is 0 Å². The Balaban J connectivity index is 0.00000180. The Morgan fingerprint density at radius 1 is 1.42 bits per heavy atom. The van der Waals surface area contributed by atoms with Gasteiger partial charge in [-0.25, -0.2) is 0 Å². The predicted molar refractivity (Wildman–Crippen MR) is 78.8 cm³/mol. The molecule has 1 heterocycles. The topological polar surface area (TPSA) is 38.3 Å². The molecule has 1 aliphatic rings. The lowest BCUT2D eigenvalue weighted by atomic mass is 9.91. The van der Waals surface area contributed by atoms with E-state index < -0.39 is 0 Å². The normalized spacial score (nSPS) is 15.1. The molecular weight excluding hydrogens is 262 g/mol. The average molecular weight is 284 g/mol. The fourth-order valence-electron chi connectivity index (χ4n) is 2.39. The van der Waals surface area contributed by atoms with E-state index in [-0.39, 0.29) is 24.3 Å². The van der Waals surface area contributed by atoms with Gasteiger partial charge in [0.2, 0.25) is 0 Å². The third-order valence-corrected chi connectivity index (χ3v) is 3.46. The van der Waals surface area contributed by atoms with Gasteiger partial charge in [0.15, 0.2) is 0 Å². The first kappa shape index (κ1) is 16.0. The highest BCUT2D eigenvalue weighted by atomic mass is 35.5. The Morgan fingerprint density at radius 2 is 2.21 bits per heavy atom. The fraction of sp³-hybridized carbons (Fsp3) is 0.533. The lowest BCUT2D eigenvalue weighted by Gasteiger charge is -2.19. The zero-order chi connectivity index (χ0) is 13.0. The van der Waals surface area contributed by atoms with Crippen molar-refractivity contribution in [2.24, 2.45) is 0 Å². The van der Waals surface area contributed by atoms with Crippen molar-refractivity contribution in [3.05, 3.63) is 34.9 Å². The van der Waals surface area contributed by atoms with Gasteiger partial charge in [-0.1, -0.05) is 25.1 Å². The first-order chi connectivity index (χ1) is 8.70. The van der Waals surface area contributed by atoms with Crippen LogP contribution in [0.3, 0.4) is 0 Å². The summed E-state index contributed by atoms with van der Waals surface area (Å²) in [4.78, 5) is 11.5. The van der Waals surface area contributed by atoms with Crippen LogP contribution in [0.5, 0.6) is 0 Å². The van der Waals surface area contributed by atoms with E-state index >= 15 is 0 Å². The SMILES string of the molecule is CCOC(=O)CC(C)c1ccc2c(c1)CCNC2.Cl. The van der Waals surface area contributed by atoms with Crippen LogP contribution in [0.1, 0.15) is 42.9 Å². The first-order valence-electron chi connectivity index (χ1n) is 6.68. The number of hydrogen-bond donors (Lipinski definition) is 1. The van der Waals surface area contributed by atoms with Crippen molar-refractivity contribution in [3.63, 3.8) is 0 Å². The maximum Gasteiger partial charge on any atom is 0.306 e. The van der Waals surface area contributed by atoms with Crippen LogP contribution in [-0.4, -0.2) is 19.1 Å². The van der Waals surface area contributed by atoms with Gasteiger partial charge in [0.05, 0.1) is 13.0 Å². The molecule has 106 valence electrons. The Hall–Kier alpha value is -1.06. The van der Waals surface area contributed by atoms with Crippen molar-refractivity contribution >= 4 is 18.4 Å². The molecule has 4 heteroatoms. The van der Waals surface area contributed by atoms with Gasteiger partial charge in [-0.05, 0) is 42.5 Å². The number of halogens is 1. The summed E-state index contributed by atoms with van der Waals surface area (Å²) in [6.45, 7) is 6.39. The summed E-state index contributed by atoms with van der Waals surface area (Å²) < 4.78 is 5.00. The number of fused-ring (bicyclic) bond motifs is 1. The Labute approximate surface area is 121 Å². The van der Waals surface area contributed by atoms with Crippen LogP contribution in [-0.2, 0) is 22.5 Å². The molecular formula is C15H22ClNO2. The van der Waals surface area contributed by atoms with Gasteiger partial charge in [0, 0.05) is 6.54 Å². The molecule has 1 N–H and O–H groups in total. The number of esters is 1. The monoisotopic (exact) mass is 283 g/mol. The number of rotatable bonds is 4. The van der Waals surface area contributed by atoms with Crippen molar-refractivity contribution in [2.75, 3.05) is 13.2 Å². The van der Waals surface area contributed by atoms with E-state index in [0.717, 1.165) is 19.5 Å². The van der Waals surface area contributed by atoms with Crippen LogP contribution in [0.15, 0.2) is 18.2 Å². The Kier molecular flexibility index (Phi) is 6.32. The molecule has 0 aliphatic carbocycles. The lowest BCUT2D eigenvalue weighted by molar-refractivity contribution is -0.143. The standard InChI is InChI=1S/C15H21NO2.ClH/c1-3-18-15(17)8-11(2)12-4-5-14-10-16-7-6-13(14)9-12;/h4-5,9,11,16H,3,6-8,10H2,1-2H3;1H. The molecule has 1 atom stereocenters. The Bertz CT molecular complexity index is 434. The molecule has 2 rings (SSSR count). The molecule has 0 saturated carbocycles. The molecule has 3 nitrogen and oxygen atoms in total. The second-order valence-electron chi connectivity index (χ2n) is 4.87. The van der Waals surface area contributed by atoms with E-state index in [1.54, 1.807) is 0 Å². The number of benzene rings is 1. The summed E-state index contributed by atoms with van der Waals surface area (Å²) in [6, 6.07) is 6.56. The highest BCUT2D eigenvalue weighted by Gasteiger charge is 2.15. The molecule has 1 unspecified atom stereocenters. The van der Waals surface area contributed by atoms with Crippen LogP contribution < -0.4 is 5.32 Å². The summed E-state index contributed by atoms with van der Waals surface area (Å²) in [5, 5.41) is 3.36. The maximum absolute atomic E-state index is 11.5. The molecule has 19 heavy (non-hydrogen) atoms. The number of hydrogen-bond acceptors (Lipinski definition) is 3. The Morgan fingerprint density at radius 3 is 2.95 bits per heavy atom. The van der Waals surface area contributed by atoms with Crippen molar-refractivity contribution in [1.29, 1.82) is 0 Å². The van der Waals surface area contributed by atoms with E-state index in [2.05, 4.69) is 30.4 Å². The molecule has 0 spiro atoms. The molecule has 0 saturated heterocycles. The highest BCUT2D eigenvalue weighted by Crippen LogP contribution is 2.24. The van der Waals surface area contributed by atoms with E-state index in [9.17, 15) is 4.79 Å². The number of carbonyl (C=O) groups is 1. The zero-order valence-corrected chi connectivity index (χ0v) is 12.4. The average Bonchev–Trinajstić information content (AvgIpc) is 2.38. The minimum absolute atomic E-state index is 0. The predicted octanol–water partition coefficient (Wildman–Crippen LogP) is 2.81. The van der Waals surface area contributed by atoms with Crippen LogP contribution in [0.25, 0.3) is 0 Å². The quantitative estimate of drug-likeness (QED) is 0.864. The summed E-state index contributed by atoms with van der Waals surface area (Å²) in [5.41, 5.74) is 4.04. The van der Waals surface area contributed by atoms with E-state index in [4.69, 9.17) is 4.74 Å². The first-order valence-corrected chi connectivity index (χ1v) is 6.68. The summed E-state index contributed by atoms with van der Waals surface area (Å²) in [7, 11) is 0. The molecule has 1 aromatic carbocycles. The van der Waals surface area contributed by atoms with Crippen molar-refractivity contribution < 1.29 is 9.53 Å². The van der Waals surface area contributed by atoms with Crippen molar-refractivity contribution in [2.45, 2.75) is 39.2 Å². The van der Waals surface area contributed by atoms with Crippen molar-refractivity contribution in [1.82, 2.24) is 5.32 Å². The third-order valence-electron chi connectivity index (χ3n) is 3.46. The van der Waals surface area contributed by atoms with Crippen LogP contribution >= 0.6 is 12.4 Å². The third kappa shape index (κ3) is 4.22. The van der Waals surface area contributed by atoms with Gasteiger partial charge in [-0.3, -0.25) is 4.79 Å². The number of ether oxygens (including phenoxy) is 1. The number of carbonyl (C=O) groups excluding carboxylic acids is 1. The maximum atomic E-state index is 11.5. The summed E-state index contributed by atoms with van der Waals surface area (Å²) >= 11 is 0. The van der Waals surface area contributed by atoms with Crippen LogP contribution in [0.4, 0.5) is 0 Å². The van der Waals surface area contributed by atoms with Gasteiger partial charge >= 0.3 is 5.97 Å². The minimum Gasteiger partial charge on any atom is -0.466 e. The molecule has 0 aromatic heterocycles. The molecule has 0 fully saturated rings. The molecule has 0 bridgehead atoms. The summed E-state index contributed by atoms with van der Waals surface area (Å²) in [5.74, 6) is 0.119. The van der Waals surface area contributed by atoms with Crippen LogP contribution in [0, 0.1) is 0 Å². The minimum atomic E-state index is -0.107. The molecule has 1 aromatic rings. The second kappa shape index (κ2) is 7.51. The molecule has 1 aliphatic heterocycles. The lowest BCUT2D eigenvalue weighted by Crippen LogP contribution is -2.23. The van der Waals surface area contributed by atoms with E-state index in [0.29, 0.717) is 13.0 Å². The van der Waals surface area contributed by atoms with E-state index in [1.165, 1.54) is 16.7 Å². The van der Waals surface area contributed by atoms with Gasteiger partial charge in [0.25, 0.3) is 0 Å². The van der Waals surface area contributed by atoms with Crippen molar-refractivity contribution in [3.8, 4) is 0 Å². The fourth-order valence-corrected chi connectivity index (χ4v) is 2.39. The largest absolute Gasteiger partial charge is 0.466 e.